The Morgan fingerprint density at radius 1 is 1.30 bits per heavy atom. The minimum atomic E-state index is -0.105. The first-order valence-electron chi connectivity index (χ1n) is 6.58. The predicted molar refractivity (Wildman–Crippen MR) is 83.6 cm³/mol. The Morgan fingerprint density at radius 3 is 2.60 bits per heavy atom. The summed E-state index contributed by atoms with van der Waals surface area (Å²) in [6.45, 7) is 4.11. The zero-order valence-corrected chi connectivity index (χ0v) is 13.1. The number of hydrogen-bond donors (Lipinski definition) is 1. The lowest BCUT2D eigenvalue weighted by Gasteiger charge is -2.17. The summed E-state index contributed by atoms with van der Waals surface area (Å²) < 4.78 is 0.800. The van der Waals surface area contributed by atoms with Crippen LogP contribution in [0.5, 0.6) is 0 Å². The van der Waals surface area contributed by atoms with Gasteiger partial charge in [0.25, 0.3) is 5.91 Å². The van der Waals surface area contributed by atoms with Gasteiger partial charge in [-0.3, -0.25) is 9.78 Å². The highest BCUT2D eigenvalue weighted by Crippen LogP contribution is 2.18. The number of nitrogens with one attached hydrogen (secondary N) is 1. The molecule has 0 aliphatic rings. The number of rotatable bonds is 4. The van der Waals surface area contributed by atoms with E-state index >= 15 is 0 Å². The standard InChI is InChI=1S/C16H17BrN2O/c1-3-15(12-6-4-11(2)5-7-12)19-16(20)13-8-14(17)10-18-9-13/h4-10,15H,3H2,1-2H3,(H,19,20). The molecule has 1 aromatic carbocycles. The molecular weight excluding hydrogens is 316 g/mol. The van der Waals surface area contributed by atoms with Gasteiger partial charge in [-0.25, -0.2) is 0 Å². The van der Waals surface area contributed by atoms with Crippen LogP contribution in [0.25, 0.3) is 0 Å². The molecule has 0 bridgehead atoms. The molecule has 0 radical (unpaired) electrons. The molecule has 1 heterocycles. The molecule has 20 heavy (non-hydrogen) atoms. The number of nitrogens with zero attached hydrogens (tertiary/aromatic N) is 1. The Bertz CT molecular complexity index is 596. The minimum absolute atomic E-state index is 0.0158. The number of aryl methyl sites for hydroxylation is 1. The van der Waals surface area contributed by atoms with E-state index in [1.165, 1.54) is 5.56 Å². The number of carbonyl (C=O) groups excluding carboxylic acids is 1. The van der Waals surface area contributed by atoms with Crippen molar-refractivity contribution in [3.63, 3.8) is 0 Å². The normalized spacial score (nSPS) is 11.9. The second-order valence-electron chi connectivity index (χ2n) is 4.74. The topological polar surface area (TPSA) is 42.0 Å². The van der Waals surface area contributed by atoms with E-state index in [-0.39, 0.29) is 11.9 Å². The highest BCUT2D eigenvalue weighted by Gasteiger charge is 2.14. The molecule has 0 aliphatic heterocycles. The summed E-state index contributed by atoms with van der Waals surface area (Å²) in [6, 6.07) is 10.0. The van der Waals surface area contributed by atoms with E-state index in [9.17, 15) is 4.79 Å². The van der Waals surface area contributed by atoms with Crippen LogP contribution in [0.15, 0.2) is 47.2 Å². The van der Waals surface area contributed by atoms with Gasteiger partial charge in [-0.2, -0.15) is 0 Å². The summed E-state index contributed by atoms with van der Waals surface area (Å²) in [5.74, 6) is -0.105. The maximum Gasteiger partial charge on any atom is 0.253 e. The lowest BCUT2D eigenvalue weighted by Crippen LogP contribution is -2.28. The first-order chi connectivity index (χ1) is 9.60. The van der Waals surface area contributed by atoms with Crippen LogP contribution < -0.4 is 5.32 Å². The van der Waals surface area contributed by atoms with Gasteiger partial charge in [-0.05, 0) is 40.9 Å². The molecule has 2 aromatic rings. The Balaban J connectivity index is 2.14. The Labute approximate surface area is 127 Å². The highest BCUT2D eigenvalue weighted by atomic mass is 79.9. The second kappa shape index (κ2) is 6.66. The lowest BCUT2D eigenvalue weighted by atomic mass is 10.0. The van der Waals surface area contributed by atoms with Gasteiger partial charge in [0.05, 0.1) is 11.6 Å². The van der Waals surface area contributed by atoms with Gasteiger partial charge < -0.3 is 5.32 Å². The first kappa shape index (κ1) is 14.7. The van der Waals surface area contributed by atoms with Crippen molar-refractivity contribution < 1.29 is 4.79 Å². The fraction of sp³-hybridized carbons (Fsp3) is 0.250. The third-order valence-corrected chi connectivity index (χ3v) is 3.59. The number of halogens is 1. The Morgan fingerprint density at radius 2 is 2.00 bits per heavy atom. The fourth-order valence-corrected chi connectivity index (χ4v) is 2.36. The van der Waals surface area contributed by atoms with Crippen molar-refractivity contribution in [1.29, 1.82) is 0 Å². The van der Waals surface area contributed by atoms with Crippen LogP contribution in [0.4, 0.5) is 0 Å². The SMILES string of the molecule is CCC(NC(=O)c1cncc(Br)c1)c1ccc(C)cc1. The van der Waals surface area contributed by atoms with Crippen molar-refractivity contribution in [3.8, 4) is 0 Å². The molecule has 4 heteroatoms. The average Bonchev–Trinajstić information content (AvgIpc) is 2.45. The second-order valence-corrected chi connectivity index (χ2v) is 5.65. The van der Waals surface area contributed by atoms with Crippen molar-refractivity contribution in [2.45, 2.75) is 26.3 Å². The quantitative estimate of drug-likeness (QED) is 0.918. The van der Waals surface area contributed by atoms with Crippen molar-refractivity contribution in [1.82, 2.24) is 10.3 Å². The summed E-state index contributed by atoms with van der Waals surface area (Å²) in [4.78, 5) is 16.2. The molecule has 0 aliphatic carbocycles. The fourth-order valence-electron chi connectivity index (χ4n) is 2.00. The number of carbonyl (C=O) groups is 1. The molecule has 104 valence electrons. The van der Waals surface area contributed by atoms with Gasteiger partial charge in [-0.15, -0.1) is 0 Å². The van der Waals surface area contributed by atoms with Crippen LogP contribution in [0.3, 0.4) is 0 Å². The molecule has 0 fully saturated rings. The molecule has 1 atom stereocenters. The van der Waals surface area contributed by atoms with Crippen LogP contribution >= 0.6 is 15.9 Å². The third-order valence-electron chi connectivity index (χ3n) is 3.16. The summed E-state index contributed by atoms with van der Waals surface area (Å²) >= 11 is 3.32. The van der Waals surface area contributed by atoms with Gasteiger partial charge in [-0.1, -0.05) is 36.8 Å². The van der Waals surface area contributed by atoms with Gasteiger partial charge in [0.15, 0.2) is 0 Å². The summed E-state index contributed by atoms with van der Waals surface area (Å²) in [5.41, 5.74) is 2.89. The zero-order valence-electron chi connectivity index (χ0n) is 11.6. The Kier molecular flexibility index (Phi) is 4.90. The maximum absolute atomic E-state index is 12.2. The van der Waals surface area contributed by atoms with Crippen LogP contribution in [-0.4, -0.2) is 10.9 Å². The average molecular weight is 333 g/mol. The first-order valence-corrected chi connectivity index (χ1v) is 7.37. The van der Waals surface area contributed by atoms with Gasteiger partial charge in [0.1, 0.15) is 0 Å². The summed E-state index contributed by atoms with van der Waals surface area (Å²) in [5, 5.41) is 3.05. The van der Waals surface area contributed by atoms with Crippen LogP contribution in [0.1, 0.15) is 40.9 Å². The molecule has 1 amide bonds. The molecule has 2 rings (SSSR count). The number of aromatic nitrogens is 1. The predicted octanol–water partition coefficient (Wildman–Crippen LogP) is 4.03. The number of amides is 1. The van der Waals surface area contributed by atoms with Crippen LogP contribution in [-0.2, 0) is 0 Å². The molecule has 3 nitrogen and oxygen atoms in total. The minimum Gasteiger partial charge on any atom is -0.345 e. The van der Waals surface area contributed by atoms with Crippen LogP contribution in [0.2, 0.25) is 0 Å². The molecule has 1 aromatic heterocycles. The van der Waals surface area contributed by atoms with Crippen LogP contribution in [0, 0.1) is 6.92 Å². The summed E-state index contributed by atoms with van der Waals surface area (Å²) in [7, 11) is 0. The molecule has 1 unspecified atom stereocenters. The van der Waals surface area contributed by atoms with Crippen molar-refractivity contribution >= 4 is 21.8 Å². The molecular formula is C16H17BrN2O. The van der Waals surface area contributed by atoms with Crippen molar-refractivity contribution in [3.05, 3.63) is 63.9 Å². The third kappa shape index (κ3) is 3.67. The zero-order chi connectivity index (χ0) is 14.5. The molecule has 0 saturated carbocycles. The Hall–Kier alpha value is -1.68. The summed E-state index contributed by atoms with van der Waals surface area (Å²) in [6.07, 6.45) is 4.08. The largest absolute Gasteiger partial charge is 0.345 e. The number of hydrogen-bond acceptors (Lipinski definition) is 2. The van der Waals surface area contributed by atoms with E-state index in [0.29, 0.717) is 5.56 Å². The van der Waals surface area contributed by atoms with E-state index in [4.69, 9.17) is 0 Å². The van der Waals surface area contributed by atoms with Gasteiger partial charge in [0.2, 0.25) is 0 Å². The number of benzene rings is 1. The van der Waals surface area contributed by atoms with Crippen molar-refractivity contribution in [2.75, 3.05) is 0 Å². The molecule has 0 spiro atoms. The molecule has 0 saturated heterocycles. The lowest BCUT2D eigenvalue weighted by molar-refractivity contribution is 0.0935. The maximum atomic E-state index is 12.2. The van der Waals surface area contributed by atoms with E-state index in [1.54, 1.807) is 18.5 Å². The highest BCUT2D eigenvalue weighted by molar-refractivity contribution is 9.10. The van der Waals surface area contributed by atoms with Crippen molar-refractivity contribution in [2.24, 2.45) is 0 Å². The van der Waals surface area contributed by atoms with E-state index in [0.717, 1.165) is 16.5 Å². The van der Waals surface area contributed by atoms with Gasteiger partial charge in [0, 0.05) is 16.9 Å². The van der Waals surface area contributed by atoms with Gasteiger partial charge >= 0.3 is 0 Å². The molecule has 1 N–H and O–H groups in total. The van der Waals surface area contributed by atoms with E-state index < -0.39 is 0 Å². The monoisotopic (exact) mass is 332 g/mol. The van der Waals surface area contributed by atoms with E-state index in [1.807, 2.05) is 0 Å². The smallest absolute Gasteiger partial charge is 0.253 e. The number of pyridine rings is 1. The van der Waals surface area contributed by atoms with E-state index in [2.05, 4.69) is 64.3 Å².